The highest BCUT2D eigenvalue weighted by atomic mass is 32.1. The predicted molar refractivity (Wildman–Crippen MR) is 143 cm³/mol. The molecule has 2 aromatic carbocycles. The number of rotatable bonds is 12. The summed E-state index contributed by atoms with van der Waals surface area (Å²) in [6, 6.07) is 14.1. The number of unbranched alkanes of at least 4 members (excludes halogenated alkanes) is 2. The minimum atomic E-state index is -0.282. The van der Waals surface area contributed by atoms with Gasteiger partial charge >= 0.3 is 0 Å². The highest BCUT2D eigenvalue weighted by Crippen LogP contribution is 2.24. The number of anilines is 2. The van der Waals surface area contributed by atoms with Crippen LogP contribution in [0.1, 0.15) is 50.0 Å². The molecule has 0 fully saturated rings. The number of aryl methyl sites for hydroxylation is 2. The van der Waals surface area contributed by atoms with E-state index in [-0.39, 0.29) is 11.8 Å². The van der Waals surface area contributed by atoms with Gasteiger partial charge in [-0.1, -0.05) is 53.4 Å². The molecule has 0 aliphatic heterocycles. The molecule has 2 N–H and O–H groups in total. The number of carbonyl (C=O) groups is 2. The molecule has 0 unspecified atom stereocenters. The molecule has 37 heavy (non-hydrogen) atoms. The number of methoxy groups -OCH3 is 2. The molecule has 2 heterocycles. The van der Waals surface area contributed by atoms with Gasteiger partial charge in [-0.25, -0.2) is 0 Å². The Morgan fingerprint density at radius 3 is 1.54 bits per heavy atom. The zero-order valence-electron chi connectivity index (χ0n) is 20.4. The van der Waals surface area contributed by atoms with Crippen LogP contribution in [0.15, 0.2) is 48.5 Å². The lowest BCUT2D eigenvalue weighted by Crippen LogP contribution is -2.12. The lowest BCUT2D eigenvalue weighted by atomic mass is 10.1. The van der Waals surface area contributed by atoms with E-state index in [0.717, 1.165) is 42.1 Å². The standard InChI is InChI=1S/C25H26N6O4S2/c1-34-18-12-8-6-10-16(18)22(32)26-24-30-28-20(36-24)14-4-3-5-15-21-29-31-25(37-21)27-23(33)17-11-7-9-13-19(17)35-2/h6-13H,3-5,14-15H2,1-2H3,(H,26,30,32)(H,27,31,33). The van der Waals surface area contributed by atoms with Crippen molar-refractivity contribution in [2.75, 3.05) is 24.9 Å². The first kappa shape index (κ1) is 26.2. The van der Waals surface area contributed by atoms with Gasteiger partial charge in [0.25, 0.3) is 11.8 Å². The van der Waals surface area contributed by atoms with Crippen LogP contribution in [0.3, 0.4) is 0 Å². The third kappa shape index (κ3) is 7.08. The van der Waals surface area contributed by atoms with Gasteiger partial charge < -0.3 is 9.47 Å². The maximum Gasteiger partial charge on any atom is 0.261 e. The SMILES string of the molecule is COc1ccccc1C(=O)Nc1nnc(CCCCCc2nnc(NC(=O)c3ccccc3OC)s2)s1. The second-order valence-electron chi connectivity index (χ2n) is 7.87. The van der Waals surface area contributed by atoms with E-state index in [0.29, 0.717) is 32.9 Å². The molecule has 0 aliphatic carbocycles. The quantitative estimate of drug-likeness (QED) is 0.245. The number of carbonyl (C=O) groups excluding carboxylic acids is 2. The third-order valence-corrected chi connectivity index (χ3v) is 7.16. The Hall–Kier alpha value is -3.90. The van der Waals surface area contributed by atoms with E-state index in [2.05, 4.69) is 31.0 Å². The summed E-state index contributed by atoms with van der Waals surface area (Å²) >= 11 is 2.74. The van der Waals surface area contributed by atoms with Crippen molar-refractivity contribution in [3.05, 3.63) is 69.7 Å². The normalized spacial score (nSPS) is 10.6. The highest BCUT2D eigenvalue weighted by molar-refractivity contribution is 7.15. The van der Waals surface area contributed by atoms with Crippen molar-refractivity contribution in [3.63, 3.8) is 0 Å². The maximum absolute atomic E-state index is 12.5. The van der Waals surface area contributed by atoms with Crippen LogP contribution in [-0.2, 0) is 12.8 Å². The molecule has 4 aromatic rings. The van der Waals surface area contributed by atoms with Crippen molar-refractivity contribution < 1.29 is 19.1 Å². The van der Waals surface area contributed by atoms with Crippen molar-refractivity contribution in [2.24, 2.45) is 0 Å². The number of ether oxygens (including phenoxy) is 2. The van der Waals surface area contributed by atoms with Gasteiger partial charge in [0.1, 0.15) is 21.5 Å². The molecule has 0 aliphatic rings. The van der Waals surface area contributed by atoms with Gasteiger partial charge in [-0.3, -0.25) is 20.2 Å². The molecule has 2 aromatic heterocycles. The average Bonchev–Trinajstić information content (AvgIpc) is 3.57. The van der Waals surface area contributed by atoms with Crippen molar-refractivity contribution in [2.45, 2.75) is 32.1 Å². The van der Waals surface area contributed by atoms with E-state index >= 15 is 0 Å². The van der Waals surface area contributed by atoms with E-state index in [1.54, 1.807) is 36.4 Å². The Bertz CT molecular complexity index is 1250. The van der Waals surface area contributed by atoms with Crippen LogP contribution < -0.4 is 20.1 Å². The first-order chi connectivity index (χ1) is 18.1. The molecule has 0 saturated heterocycles. The van der Waals surface area contributed by atoms with E-state index < -0.39 is 0 Å². The van der Waals surface area contributed by atoms with Crippen LogP contribution in [0.25, 0.3) is 0 Å². The first-order valence-corrected chi connectivity index (χ1v) is 13.2. The third-order valence-electron chi connectivity index (χ3n) is 5.36. The fourth-order valence-electron chi connectivity index (χ4n) is 3.53. The number of aromatic nitrogens is 4. The molecule has 0 saturated carbocycles. The van der Waals surface area contributed by atoms with E-state index in [1.807, 2.05) is 12.1 Å². The number of hydrogen-bond acceptors (Lipinski definition) is 10. The van der Waals surface area contributed by atoms with Crippen LogP contribution in [-0.4, -0.2) is 46.4 Å². The summed E-state index contributed by atoms with van der Waals surface area (Å²) in [5.41, 5.74) is 0.891. The monoisotopic (exact) mass is 538 g/mol. The summed E-state index contributed by atoms with van der Waals surface area (Å²) in [4.78, 5) is 25.0. The molecule has 0 bridgehead atoms. The molecule has 0 atom stereocenters. The number of hydrogen-bond donors (Lipinski definition) is 2. The fraction of sp³-hybridized carbons (Fsp3) is 0.280. The molecule has 0 spiro atoms. The van der Waals surface area contributed by atoms with Crippen molar-refractivity contribution in [1.82, 2.24) is 20.4 Å². The number of nitrogens with zero attached hydrogens (tertiary/aromatic N) is 4. The largest absolute Gasteiger partial charge is 0.496 e. The summed E-state index contributed by atoms with van der Waals surface area (Å²) in [6.45, 7) is 0. The van der Waals surface area contributed by atoms with Crippen LogP contribution in [0.4, 0.5) is 10.3 Å². The lowest BCUT2D eigenvalue weighted by Gasteiger charge is -2.06. The number of amides is 2. The van der Waals surface area contributed by atoms with Crippen molar-refractivity contribution in [3.8, 4) is 11.5 Å². The molecular formula is C25H26N6O4S2. The molecule has 12 heteroatoms. The topological polar surface area (TPSA) is 128 Å². The molecule has 192 valence electrons. The summed E-state index contributed by atoms with van der Waals surface area (Å²) in [5, 5.41) is 24.8. The molecular weight excluding hydrogens is 512 g/mol. The smallest absolute Gasteiger partial charge is 0.261 e. The Morgan fingerprint density at radius 1 is 0.676 bits per heavy atom. The Morgan fingerprint density at radius 2 is 1.11 bits per heavy atom. The number of para-hydroxylation sites is 2. The van der Waals surface area contributed by atoms with E-state index in [1.165, 1.54) is 36.9 Å². The summed E-state index contributed by atoms with van der Waals surface area (Å²) in [5.74, 6) is 0.448. The van der Waals surface area contributed by atoms with E-state index in [4.69, 9.17) is 9.47 Å². The Labute approximate surface area is 222 Å². The van der Waals surface area contributed by atoms with Crippen molar-refractivity contribution in [1.29, 1.82) is 0 Å². The molecule has 2 amide bonds. The van der Waals surface area contributed by atoms with Gasteiger partial charge in [0.15, 0.2) is 0 Å². The average molecular weight is 539 g/mol. The van der Waals surface area contributed by atoms with Crippen molar-refractivity contribution >= 4 is 44.8 Å². The second-order valence-corrected chi connectivity index (χ2v) is 10.00. The number of nitrogens with one attached hydrogen (secondary N) is 2. The summed E-state index contributed by atoms with van der Waals surface area (Å²) < 4.78 is 10.5. The van der Waals surface area contributed by atoms with Crippen LogP contribution in [0.2, 0.25) is 0 Å². The number of benzene rings is 2. The summed E-state index contributed by atoms with van der Waals surface area (Å²) in [6.07, 6.45) is 4.40. The van der Waals surface area contributed by atoms with Crippen LogP contribution >= 0.6 is 22.7 Å². The lowest BCUT2D eigenvalue weighted by molar-refractivity contribution is 0.101. The summed E-state index contributed by atoms with van der Waals surface area (Å²) in [7, 11) is 3.06. The molecule has 4 rings (SSSR count). The second kappa shape index (κ2) is 12.9. The minimum absolute atomic E-state index is 0.282. The Balaban J connectivity index is 1.18. The minimum Gasteiger partial charge on any atom is -0.496 e. The highest BCUT2D eigenvalue weighted by Gasteiger charge is 2.15. The zero-order valence-corrected chi connectivity index (χ0v) is 22.0. The van der Waals surface area contributed by atoms with Gasteiger partial charge in [0, 0.05) is 12.8 Å². The maximum atomic E-state index is 12.5. The van der Waals surface area contributed by atoms with Gasteiger partial charge in [0.2, 0.25) is 10.3 Å². The van der Waals surface area contributed by atoms with Gasteiger partial charge in [0.05, 0.1) is 25.3 Å². The zero-order chi connectivity index (χ0) is 26.0. The molecule has 10 nitrogen and oxygen atoms in total. The predicted octanol–water partition coefficient (Wildman–Crippen LogP) is 4.87. The van der Waals surface area contributed by atoms with Gasteiger partial charge in [-0.05, 0) is 37.1 Å². The fourth-order valence-corrected chi connectivity index (χ4v) is 5.09. The molecule has 0 radical (unpaired) electrons. The Kier molecular flexibility index (Phi) is 9.11. The van der Waals surface area contributed by atoms with Gasteiger partial charge in [-0.15, -0.1) is 20.4 Å². The first-order valence-electron chi connectivity index (χ1n) is 11.6. The van der Waals surface area contributed by atoms with Crippen LogP contribution in [0, 0.1) is 0 Å². The van der Waals surface area contributed by atoms with E-state index in [9.17, 15) is 9.59 Å². The van der Waals surface area contributed by atoms with Gasteiger partial charge in [-0.2, -0.15) is 0 Å². The van der Waals surface area contributed by atoms with Crippen LogP contribution in [0.5, 0.6) is 11.5 Å².